The Balaban J connectivity index is 2.05. The van der Waals surface area contributed by atoms with Crippen molar-refractivity contribution in [3.8, 4) is 0 Å². The molecule has 102 valence electrons. The Labute approximate surface area is 120 Å². The van der Waals surface area contributed by atoms with Crippen LogP contribution in [0.3, 0.4) is 0 Å². The zero-order valence-corrected chi connectivity index (χ0v) is 13.6. The van der Waals surface area contributed by atoms with Gasteiger partial charge in [0.15, 0.2) is 0 Å². The van der Waals surface area contributed by atoms with Crippen LogP contribution in [0.2, 0.25) is 0 Å². The summed E-state index contributed by atoms with van der Waals surface area (Å²) in [5, 5.41) is 3.50. The lowest BCUT2D eigenvalue weighted by Gasteiger charge is -2.22. The molecule has 0 radical (unpaired) electrons. The molecule has 2 heterocycles. The summed E-state index contributed by atoms with van der Waals surface area (Å²) in [6.45, 7) is 6.99. The van der Waals surface area contributed by atoms with Gasteiger partial charge in [-0.15, -0.1) is 11.3 Å². The first-order chi connectivity index (χ1) is 8.49. The maximum atomic E-state index is 3.50. The average Bonchev–Trinajstić information content (AvgIpc) is 2.71. The highest BCUT2D eigenvalue weighted by Gasteiger charge is 2.20. The van der Waals surface area contributed by atoms with Crippen molar-refractivity contribution in [3.05, 3.63) is 21.4 Å². The van der Waals surface area contributed by atoms with Gasteiger partial charge in [0.05, 0.1) is 0 Å². The molecule has 0 amide bonds. The fraction of sp³-hybridized carbons (Fsp3) is 0.733. The second-order valence-electron chi connectivity index (χ2n) is 6.34. The monoisotopic (exact) mass is 283 g/mol. The van der Waals surface area contributed by atoms with Crippen LogP contribution in [0.1, 0.15) is 55.0 Å². The predicted octanol–water partition coefficient (Wildman–Crippen LogP) is 4.62. The average molecular weight is 284 g/mol. The third-order valence-corrected chi connectivity index (χ3v) is 5.88. The van der Waals surface area contributed by atoms with Crippen LogP contribution in [-0.2, 0) is 12.2 Å². The van der Waals surface area contributed by atoms with Gasteiger partial charge >= 0.3 is 0 Å². The van der Waals surface area contributed by atoms with Crippen molar-refractivity contribution >= 4 is 23.1 Å². The van der Waals surface area contributed by atoms with E-state index in [-0.39, 0.29) is 0 Å². The highest BCUT2D eigenvalue weighted by molar-refractivity contribution is 7.98. The highest BCUT2D eigenvalue weighted by Crippen LogP contribution is 2.36. The number of thiophene rings is 1. The molecule has 1 nitrogen and oxygen atoms in total. The van der Waals surface area contributed by atoms with Crippen LogP contribution in [0.25, 0.3) is 0 Å². The molecule has 1 N–H and O–H groups in total. The van der Waals surface area contributed by atoms with Crippen molar-refractivity contribution in [1.29, 1.82) is 0 Å². The van der Waals surface area contributed by atoms with Crippen molar-refractivity contribution in [3.63, 3.8) is 0 Å². The number of hydrogen-bond acceptors (Lipinski definition) is 3. The molecule has 0 fully saturated rings. The van der Waals surface area contributed by atoms with E-state index in [4.69, 9.17) is 0 Å². The molecular formula is C15H25NS2. The maximum absolute atomic E-state index is 3.50. The molecule has 1 aromatic rings. The Hall–Kier alpha value is 0.01000. The van der Waals surface area contributed by atoms with Crippen LogP contribution in [0, 0.1) is 5.41 Å². The summed E-state index contributed by atoms with van der Waals surface area (Å²) in [5.74, 6) is 2.53. The van der Waals surface area contributed by atoms with Crippen molar-refractivity contribution < 1.29 is 0 Å². The molecule has 0 saturated carbocycles. The Morgan fingerprint density at radius 2 is 2.17 bits per heavy atom. The number of nitrogens with one attached hydrogen (secondary N) is 1. The summed E-state index contributed by atoms with van der Waals surface area (Å²) in [5.41, 5.74) is 2.03. The molecule has 0 bridgehead atoms. The molecule has 1 atom stereocenters. The SMILES string of the molecule is CNC(CCC(C)(C)C)c1cc2c(s1)CCSC2. The van der Waals surface area contributed by atoms with E-state index in [2.05, 4.69) is 51.0 Å². The molecular weight excluding hydrogens is 258 g/mol. The van der Waals surface area contributed by atoms with Gasteiger partial charge in [0, 0.05) is 21.5 Å². The van der Waals surface area contributed by atoms with Gasteiger partial charge in [-0.25, -0.2) is 0 Å². The molecule has 3 heteroatoms. The fourth-order valence-electron chi connectivity index (χ4n) is 2.35. The first-order valence-corrected chi connectivity index (χ1v) is 8.83. The lowest BCUT2D eigenvalue weighted by Crippen LogP contribution is -2.18. The van der Waals surface area contributed by atoms with E-state index in [1.807, 2.05) is 11.3 Å². The first kappa shape index (κ1) is 14.4. The zero-order valence-electron chi connectivity index (χ0n) is 12.0. The third kappa shape index (κ3) is 3.75. The van der Waals surface area contributed by atoms with Gasteiger partial charge < -0.3 is 5.32 Å². The Morgan fingerprint density at radius 3 is 2.78 bits per heavy atom. The normalized spacial score (nSPS) is 17.6. The number of thioether (sulfide) groups is 1. The molecule has 0 saturated heterocycles. The Bertz CT molecular complexity index is 366. The second-order valence-corrected chi connectivity index (χ2v) is 8.61. The molecule has 0 spiro atoms. The first-order valence-electron chi connectivity index (χ1n) is 6.86. The largest absolute Gasteiger partial charge is 0.312 e. The molecule has 0 aromatic carbocycles. The Morgan fingerprint density at radius 1 is 1.39 bits per heavy atom. The van der Waals surface area contributed by atoms with Crippen LogP contribution in [-0.4, -0.2) is 12.8 Å². The summed E-state index contributed by atoms with van der Waals surface area (Å²) < 4.78 is 0. The third-order valence-electron chi connectivity index (χ3n) is 3.52. The highest BCUT2D eigenvalue weighted by atomic mass is 32.2. The van der Waals surface area contributed by atoms with Gasteiger partial charge in [0.25, 0.3) is 0 Å². The van der Waals surface area contributed by atoms with E-state index in [1.54, 1.807) is 15.3 Å². The summed E-state index contributed by atoms with van der Waals surface area (Å²) in [6, 6.07) is 3.00. The number of rotatable bonds is 4. The molecule has 0 aliphatic carbocycles. The van der Waals surface area contributed by atoms with Gasteiger partial charge in [-0.3, -0.25) is 0 Å². The van der Waals surface area contributed by atoms with Gasteiger partial charge in [-0.05, 0) is 49.1 Å². The lowest BCUT2D eigenvalue weighted by atomic mass is 9.88. The Kier molecular flexibility index (Phi) is 4.79. The maximum Gasteiger partial charge on any atom is 0.0412 e. The summed E-state index contributed by atoms with van der Waals surface area (Å²) >= 11 is 4.12. The van der Waals surface area contributed by atoms with Crippen LogP contribution in [0.4, 0.5) is 0 Å². The predicted molar refractivity (Wildman–Crippen MR) is 84.7 cm³/mol. The van der Waals surface area contributed by atoms with E-state index in [9.17, 15) is 0 Å². The quantitative estimate of drug-likeness (QED) is 0.865. The molecule has 1 aromatic heterocycles. The summed E-state index contributed by atoms with van der Waals surface area (Å²) in [4.78, 5) is 3.19. The minimum atomic E-state index is 0.432. The topological polar surface area (TPSA) is 12.0 Å². The minimum Gasteiger partial charge on any atom is -0.312 e. The zero-order chi connectivity index (χ0) is 13.2. The summed E-state index contributed by atoms with van der Waals surface area (Å²) in [6.07, 6.45) is 3.79. The van der Waals surface area contributed by atoms with Gasteiger partial charge in [0.1, 0.15) is 0 Å². The molecule has 18 heavy (non-hydrogen) atoms. The van der Waals surface area contributed by atoms with Crippen molar-refractivity contribution in [2.75, 3.05) is 12.8 Å². The molecule has 1 aliphatic rings. The number of fused-ring (bicyclic) bond motifs is 1. The van der Waals surface area contributed by atoms with Crippen molar-refractivity contribution in [2.45, 2.75) is 51.8 Å². The van der Waals surface area contributed by atoms with E-state index >= 15 is 0 Å². The molecule has 1 unspecified atom stereocenters. The van der Waals surface area contributed by atoms with E-state index in [0.29, 0.717) is 11.5 Å². The van der Waals surface area contributed by atoms with E-state index in [1.165, 1.54) is 30.8 Å². The second kappa shape index (κ2) is 5.98. The number of hydrogen-bond donors (Lipinski definition) is 1. The lowest BCUT2D eigenvalue weighted by molar-refractivity contribution is 0.339. The standard InChI is InChI=1S/C15H25NS2/c1-15(2,3)7-5-12(16-4)14-9-11-10-17-8-6-13(11)18-14/h9,12,16H,5-8,10H2,1-4H3. The molecule has 1 aliphatic heterocycles. The molecule has 2 rings (SSSR count). The van der Waals surface area contributed by atoms with Crippen LogP contribution in [0.15, 0.2) is 6.07 Å². The van der Waals surface area contributed by atoms with Crippen LogP contribution < -0.4 is 5.32 Å². The van der Waals surface area contributed by atoms with Gasteiger partial charge in [-0.1, -0.05) is 20.8 Å². The summed E-state index contributed by atoms with van der Waals surface area (Å²) in [7, 11) is 2.10. The van der Waals surface area contributed by atoms with E-state index in [0.717, 1.165) is 0 Å². The number of aryl methyl sites for hydroxylation is 1. The van der Waals surface area contributed by atoms with Gasteiger partial charge in [-0.2, -0.15) is 11.8 Å². The van der Waals surface area contributed by atoms with Crippen LogP contribution >= 0.6 is 23.1 Å². The van der Waals surface area contributed by atoms with Gasteiger partial charge in [0.2, 0.25) is 0 Å². The van der Waals surface area contributed by atoms with Crippen molar-refractivity contribution in [1.82, 2.24) is 5.32 Å². The smallest absolute Gasteiger partial charge is 0.0412 e. The minimum absolute atomic E-state index is 0.432. The fourth-order valence-corrected chi connectivity index (χ4v) is 4.87. The van der Waals surface area contributed by atoms with Crippen LogP contribution in [0.5, 0.6) is 0 Å². The van der Waals surface area contributed by atoms with Crippen molar-refractivity contribution in [2.24, 2.45) is 5.41 Å². The van der Waals surface area contributed by atoms with E-state index < -0.39 is 0 Å².